The van der Waals surface area contributed by atoms with E-state index in [9.17, 15) is 10.4 Å². The Morgan fingerprint density at radius 2 is 1.97 bits per heavy atom. The molecule has 2 aliphatic rings. The van der Waals surface area contributed by atoms with Crippen molar-refractivity contribution >= 4 is 17.3 Å². The van der Waals surface area contributed by atoms with Gasteiger partial charge in [-0.05, 0) is 67.4 Å². The van der Waals surface area contributed by atoms with Gasteiger partial charge in [-0.25, -0.2) is 4.98 Å². The number of aliphatic hydroxyl groups excluding tert-OH is 1. The fourth-order valence-corrected chi connectivity index (χ4v) is 4.08. The minimum atomic E-state index is -0.222. The average Bonchev–Trinajstić information content (AvgIpc) is 3.17. The normalized spacial score (nSPS) is 19.9. The molecule has 0 spiro atoms. The first kappa shape index (κ1) is 19.9. The molecule has 0 saturated heterocycles. The summed E-state index contributed by atoms with van der Waals surface area (Å²) in [5, 5.41) is 34.8. The highest BCUT2D eigenvalue weighted by Gasteiger charge is 2.21. The molecule has 0 atom stereocenters. The Balaban J connectivity index is 1.38. The highest BCUT2D eigenvalue weighted by atomic mass is 16.3. The van der Waals surface area contributed by atoms with Crippen molar-refractivity contribution in [3.8, 4) is 12.1 Å². The summed E-state index contributed by atoms with van der Waals surface area (Å²) < 4.78 is 0. The maximum absolute atomic E-state index is 9.68. The zero-order chi connectivity index (χ0) is 20.9. The number of nitrogens with one attached hydrogen (secondary N) is 2. The van der Waals surface area contributed by atoms with Crippen molar-refractivity contribution in [3.05, 3.63) is 52.7 Å². The fraction of sp³-hybridized carbons (Fsp3) is 0.391. The largest absolute Gasteiger partial charge is 0.393 e. The second-order valence-electron chi connectivity index (χ2n) is 7.81. The molecule has 0 unspecified atom stereocenters. The third-order valence-corrected chi connectivity index (χ3v) is 5.78. The van der Waals surface area contributed by atoms with Crippen LogP contribution in [0.4, 0.5) is 11.8 Å². The van der Waals surface area contributed by atoms with E-state index in [1.165, 1.54) is 11.1 Å². The summed E-state index contributed by atoms with van der Waals surface area (Å²) in [7, 11) is 0. The zero-order valence-electron chi connectivity index (χ0n) is 16.7. The lowest BCUT2D eigenvalue weighted by Crippen LogP contribution is -2.29. The lowest BCUT2D eigenvalue weighted by Gasteiger charge is -2.26. The molecular formula is C23H24N6O. The summed E-state index contributed by atoms with van der Waals surface area (Å²) in [5.74, 6) is 1.03. The van der Waals surface area contributed by atoms with E-state index in [0.29, 0.717) is 29.4 Å². The molecule has 1 heterocycles. The number of hydrogen-bond acceptors (Lipinski definition) is 7. The van der Waals surface area contributed by atoms with Crippen molar-refractivity contribution in [1.82, 2.24) is 9.97 Å². The average molecular weight is 400 g/mol. The van der Waals surface area contributed by atoms with Gasteiger partial charge in [0.15, 0.2) is 0 Å². The molecule has 2 aliphatic carbocycles. The van der Waals surface area contributed by atoms with Gasteiger partial charge >= 0.3 is 0 Å². The number of nitrogens with zero attached hydrogens (tertiary/aromatic N) is 4. The molecule has 1 aromatic carbocycles. The molecule has 2 aromatic rings. The quantitative estimate of drug-likeness (QED) is 0.680. The monoisotopic (exact) mass is 400 g/mol. The Labute approximate surface area is 176 Å². The minimum Gasteiger partial charge on any atom is -0.393 e. The lowest BCUT2D eigenvalue weighted by molar-refractivity contribution is 0.126. The Hall–Kier alpha value is -3.42. The van der Waals surface area contributed by atoms with E-state index in [1.807, 2.05) is 18.2 Å². The number of fused-ring (bicyclic) bond motifs is 1. The smallest absolute Gasteiger partial charge is 0.224 e. The molecule has 4 rings (SSSR count). The molecule has 7 heteroatoms. The van der Waals surface area contributed by atoms with Gasteiger partial charge in [-0.3, -0.25) is 0 Å². The second-order valence-corrected chi connectivity index (χ2v) is 7.81. The van der Waals surface area contributed by atoms with E-state index in [2.05, 4.69) is 38.8 Å². The second kappa shape index (κ2) is 8.94. The molecule has 1 aromatic heterocycles. The van der Waals surface area contributed by atoms with Gasteiger partial charge in [-0.1, -0.05) is 12.1 Å². The number of hydrogen-bond donors (Lipinski definition) is 3. The van der Waals surface area contributed by atoms with Crippen molar-refractivity contribution in [1.29, 1.82) is 10.5 Å². The molecule has 0 bridgehead atoms. The van der Waals surface area contributed by atoms with Crippen LogP contribution in [0.15, 0.2) is 30.5 Å². The van der Waals surface area contributed by atoms with Crippen molar-refractivity contribution in [3.63, 3.8) is 0 Å². The van der Waals surface area contributed by atoms with Crippen LogP contribution in [0.1, 0.15) is 54.4 Å². The highest BCUT2D eigenvalue weighted by molar-refractivity contribution is 5.74. The first-order chi connectivity index (χ1) is 14.7. The van der Waals surface area contributed by atoms with Crippen LogP contribution < -0.4 is 10.6 Å². The van der Waals surface area contributed by atoms with Gasteiger partial charge < -0.3 is 15.7 Å². The molecule has 1 fully saturated rings. The molecule has 7 nitrogen and oxygen atoms in total. The first-order valence-electron chi connectivity index (χ1n) is 10.3. The van der Waals surface area contributed by atoms with Gasteiger partial charge in [-0.2, -0.15) is 15.5 Å². The number of aromatic nitrogens is 2. The Morgan fingerprint density at radius 3 is 2.73 bits per heavy atom. The molecule has 0 amide bonds. The SMILES string of the molecule is N#Cc1ccc2c(c1)C(CCNc1ncc(C#N)c(NC3CCC(O)CC3)n1)=CC2. The lowest BCUT2D eigenvalue weighted by atomic mass is 9.93. The first-order valence-corrected chi connectivity index (χ1v) is 10.3. The van der Waals surface area contributed by atoms with Gasteiger partial charge in [0.2, 0.25) is 5.95 Å². The summed E-state index contributed by atoms with van der Waals surface area (Å²) in [4.78, 5) is 8.78. The number of allylic oxidation sites excluding steroid dienone is 1. The Bertz CT molecular complexity index is 1040. The van der Waals surface area contributed by atoms with E-state index < -0.39 is 0 Å². The maximum Gasteiger partial charge on any atom is 0.224 e. The van der Waals surface area contributed by atoms with Crippen LogP contribution >= 0.6 is 0 Å². The van der Waals surface area contributed by atoms with Gasteiger partial charge in [0.05, 0.1) is 23.9 Å². The van der Waals surface area contributed by atoms with Crippen molar-refractivity contribution in [2.24, 2.45) is 0 Å². The van der Waals surface area contributed by atoms with Crippen LogP contribution in [0.2, 0.25) is 0 Å². The van der Waals surface area contributed by atoms with Gasteiger partial charge in [-0.15, -0.1) is 0 Å². The van der Waals surface area contributed by atoms with E-state index in [4.69, 9.17) is 5.26 Å². The third kappa shape index (κ3) is 4.42. The summed E-state index contributed by atoms with van der Waals surface area (Å²) in [5.41, 5.74) is 4.72. The van der Waals surface area contributed by atoms with Gasteiger partial charge in [0, 0.05) is 12.6 Å². The molecule has 1 saturated carbocycles. The van der Waals surface area contributed by atoms with Crippen LogP contribution in [0.3, 0.4) is 0 Å². The standard InChI is InChI=1S/C23H24N6O/c24-12-15-1-2-16-3-4-17(21(16)11-15)9-10-26-23-27-14-18(13-25)22(29-23)28-19-5-7-20(30)8-6-19/h1-2,4,11,14,19-20,30H,3,5-10H2,(H2,26,27,28,29). The van der Waals surface area contributed by atoms with E-state index >= 15 is 0 Å². The van der Waals surface area contributed by atoms with Crippen molar-refractivity contribution in [2.75, 3.05) is 17.2 Å². The van der Waals surface area contributed by atoms with Crippen LogP contribution in [0.5, 0.6) is 0 Å². The number of anilines is 2. The zero-order valence-corrected chi connectivity index (χ0v) is 16.7. The predicted molar refractivity (Wildman–Crippen MR) is 115 cm³/mol. The van der Waals surface area contributed by atoms with Crippen LogP contribution in [0, 0.1) is 22.7 Å². The summed E-state index contributed by atoms with van der Waals surface area (Å²) in [6, 6.07) is 10.4. The fourth-order valence-electron chi connectivity index (χ4n) is 4.08. The van der Waals surface area contributed by atoms with Crippen LogP contribution in [-0.2, 0) is 6.42 Å². The summed E-state index contributed by atoms with van der Waals surface area (Å²) in [6.07, 6.45) is 8.47. The van der Waals surface area contributed by atoms with Crippen LogP contribution in [-0.4, -0.2) is 33.8 Å². The van der Waals surface area contributed by atoms with Crippen LogP contribution in [0.25, 0.3) is 5.57 Å². The predicted octanol–water partition coefficient (Wildman–Crippen LogP) is 3.38. The molecule has 30 heavy (non-hydrogen) atoms. The third-order valence-electron chi connectivity index (χ3n) is 5.78. The van der Waals surface area contributed by atoms with E-state index in [0.717, 1.165) is 44.1 Å². The number of rotatable bonds is 6. The van der Waals surface area contributed by atoms with Crippen molar-refractivity contribution < 1.29 is 5.11 Å². The Morgan fingerprint density at radius 1 is 1.13 bits per heavy atom. The maximum atomic E-state index is 9.68. The molecule has 0 radical (unpaired) electrons. The van der Waals surface area contributed by atoms with Crippen molar-refractivity contribution in [2.45, 2.75) is 50.7 Å². The molecule has 152 valence electrons. The molecule has 0 aliphatic heterocycles. The number of nitriles is 2. The topological polar surface area (TPSA) is 118 Å². The molecule has 3 N–H and O–H groups in total. The molecular weight excluding hydrogens is 376 g/mol. The van der Waals surface area contributed by atoms with E-state index in [-0.39, 0.29) is 12.1 Å². The van der Waals surface area contributed by atoms with E-state index in [1.54, 1.807) is 6.20 Å². The summed E-state index contributed by atoms with van der Waals surface area (Å²) >= 11 is 0. The number of benzene rings is 1. The van der Waals surface area contributed by atoms with Gasteiger partial charge in [0.25, 0.3) is 0 Å². The summed E-state index contributed by atoms with van der Waals surface area (Å²) in [6.45, 7) is 0.656. The Kier molecular flexibility index (Phi) is 5.92. The number of aliphatic hydroxyl groups is 1. The van der Waals surface area contributed by atoms with Gasteiger partial charge in [0.1, 0.15) is 17.5 Å². The minimum absolute atomic E-state index is 0.206. The highest BCUT2D eigenvalue weighted by Crippen LogP contribution is 2.30.